The fourth-order valence-corrected chi connectivity index (χ4v) is 6.41. The number of carbonyl (C=O) groups is 2. The predicted octanol–water partition coefficient (Wildman–Crippen LogP) is 3.44. The summed E-state index contributed by atoms with van der Waals surface area (Å²) in [5, 5.41) is 19.2. The van der Waals surface area contributed by atoms with Crippen molar-refractivity contribution in [3.8, 4) is 0 Å². The van der Waals surface area contributed by atoms with E-state index in [2.05, 4.69) is 41.9 Å². The average Bonchev–Trinajstić information content (AvgIpc) is 3.68. The molecule has 2 aliphatic heterocycles. The van der Waals surface area contributed by atoms with Crippen LogP contribution in [0.2, 0.25) is 0 Å². The molecule has 220 valence electrons. The van der Waals surface area contributed by atoms with E-state index in [9.17, 15) is 9.59 Å². The molecule has 2 aliphatic carbocycles. The van der Waals surface area contributed by atoms with E-state index in [0.29, 0.717) is 23.9 Å². The Kier molecular flexibility index (Phi) is 12.5. The molecule has 4 aliphatic rings. The summed E-state index contributed by atoms with van der Waals surface area (Å²) < 4.78 is 0. The zero-order chi connectivity index (χ0) is 27.1. The van der Waals surface area contributed by atoms with Crippen LogP contribution in [0, 0.1) is 11.8 Å². The van der Waals surface area contributed by atoms with Gasteiger partial charge in [-0.15, -0.1) is 0 Å². The third-order valence-electron chi connectivity index (χ3n) is 8.72. The molecule has 2 fully saturated rings. The number of unbranched alkanes of at least 4 members (excludes halogenated alkanes) is 6. The number of nitrogens with one attached hydrogen (secondary N) is 6. The number of aliphatic imine (C=N–C) groups is 2. The first-order valence-corrected chi connectivity index (χ1v) is 15.8. The van der Waals surface area contributed by atoms with Gasteiger partial charge in [0.15, 0.2) is 0 Å². The van der Waals surface area contributed by atoms with Gasteiger partial charge in [0.25, 0.3) is 0 Å². The molecular formula is C29H52N8O2. The summed E-state index contributed by atoms with van der Waals surface area (Å²) in [5.41, 5.74) is 0. The lowest BCUT2D eigenvalue weighted by atomic mass is 9.85. The van der Waals surface area contributed by atoms with E-state index >= 15 is 0 Å². The second-order valence-corrected chi connectivity index (χ2v) is 11.8. The molecule has 2 heterocycles. The molecule has 0 aromatic carbocycles. The average molecular weight is 545 g/mol. The van der Waals surface area contributed by atoms with Crippen molar-refractivity contribution < 1.29 is 9.59 Å². The standard InChI is InChI=1S/C29H52N8O2/c38-28(36-24-12-8-22(9-13-24)26-30-18-19-31-26)34-16-6-4-2-1-3-5-7-17-35-29(39)37-25-14-10-23(11-15-25)27-32-20-21-33-27/h22-25H,1-21H2,(H,30,31)(H,32,33)(H2,34,36,38)(H2,35,37,39). The highest BCUT2D eigenvalue weighted by Gasteiger charge is 2.27. The van der Waals surface area contributed by atoms with Gasteiger partial charge in [-0.25, -0.2) is 9.59 Å². The number of amides is 4. The molecule has 0 saturated heterocycles. The smallest absolute Gasteiger partial charge is 0.315 e. The van der Waals surface area contributed by atoms with Crippen LogP contribution in [0.5, 0.6) is 0 Å². The van der Waals surface area contributed by atoms with Gasteiger partial charge in [0, 0.05) is 50.1 Å². The van der Waals surface area contributed by atoms with Crippen molar-refractivity contribution in [1.82, 2.24) is 31.9 Å². The Morgan fingerprint density at radius 1 is 0.590 bits per heavy atom. The van der Waals surface area contributed by atoms with E-state index < -0.39 is 0 Å². The van der Waals surface area contributed by atoms with Crippen LogP contribution in [0.4, 0.5) is 9.59 Å². The molecule has 10 heteroatoms. The minimum absolute atomic E-state index is 0.0182. The van der Waals surface area contributed by atoms with Gasteiger partial charge in [-0.1, -0.05) is 32.1 Å². The molecule has 0 aromatic heterocycles. The van der Waals surface area contributed by atoms with E-state index in [0.717, 1.165) is 116 Å². The maximum atomic E-state index is 12.2. The van der Waals surface area contributed by atoms with Crippen molar-refractivity contribution in [2.45, 2.75) is 108 Å². The fourth-order valence-electron chi connectivity index (χ4n) is 6.41. The topological polar surface area (TPSA) is 131 Å². The molecule has 2 saturated carbocycles. The van der Waals surface area contributed by atoms with Crippen LogP contribution in [-0.2, 0) is 0 Å². The molecule has 0 aromatic rings. The molecule has 10 nitrogen and oxygen atoms in total. The minimum Gasteiger partial charge on any atom is -0.372 e. The summed E-state index contributed by atoms with van der Waals surface area (Å²) >= 11 is 0. The van der Waals surface area contributed by atoms with Crippen molar-refractivity contribution in [1.29, 1.82) is 0 Å². The SMILES string of the molecule is O=C(NCCCCCCCCCNC(=O)NC1CCC(C2=NCCN2)CC1)NC1CCC(C2=NCCN2)CC1. The van der Waals surface area contributed by atoms with Gasteiger partial charge in [-0.05, 0) is 64.2 Å². The van der Waals surface area contributed by atoms with E-state index in [4.69, 9.17) is 0 Å². The summed E-state index contributed by atoms with van der Waals surface area (Å²) in [6, 6.07) is 0.545. The number of rotatable bonds is 14. The number of amidine groups is 2. The first kappa shape index (κ1) is 29.5. The van der Waals surface area contributed by atoms with Gasteiger partial charge in [0.2, 0.25) is 0 Å². The fraction of sp³-hybridized carbons (Fsp3) is 0.862. The summed E-state index contributed by atoms with van der Waals surface area (Å²) in [6.45, 7) is 5.26. The molecule has 4 amide bonds. The second-order valence-electron chi connectivity index (χ2n) is 11.8. The molecule has 0 bridgehead atoms. The summed E-state index contributed by atoms with van der Waals surface area (Å²) in [4.78, 5) is 33.5. The summed E-state index contributed by atoms with van der Waals surface area (Å²) in [5.74, 6) is 3.49. The molecule has 0 unspecified atom stereocenters. The van der Waals surface area contributed by atoms with E-state index in [1.807, 2.05) is 0 Å². The number of nitrogens with zero attached hydrogens (tertiary/aromatic N) is 2. The largest absolute Gasteiger partial charge is 0.372 e. The van der Waals surface area contributed by atoms with Crippen LogP contribution < -0.4 is 31.9 Å². The predicted molar refractivity (Wildman–Crippen MR) is 157 cm³/mol. The maximum absolute atomic E-state index is 12.2. The molecule has 4 rings (SSSR count). The van der Waals surface area contributed by atoms with Crippen molar-refractivity contribution in [3.05, 3.63) is 0 Å². The number of hydrogen-bond donors (Lipinski definition) is 6. The molecule has 0 spiro atoms. The van der Waals surface area contributed by atoms with E-state index in [-0.39, 0.29) is 12.1 Å². The Morgan fingerprint density at radius 3 is 1.33 bits per heavy atom. The zero-order valence-electron chi connectivity index (χ0n) is 23.9. The minimum atomic E-state index is -0.0182. The second kappa shape index (κ2) is 16.6. The van der Waals surface area contributed by atoms with Crippen molar-refractivity contribution in [2.24, 2.45) is 21.8 Å². The lowest BCUT2D eigenvalue weighted by Crippen LogP contribution is -2.45. The first-order chi connectivity index (χ1) is 19.2. The molecule has 0 atom stereocenters. The number of carbonyl (C=O) groups excluding carboxylic acids is 2. The van der Waals surface area contributed by atoms with Gasteiger partial charge in [0.1, 0.15) is 0 Å². The van der Waals surface area contributed by atoms with Crippen LogP contribution in [0.1, 0.15) is 96.3 Å². The highest BCUT2D eigenvalue weighted by atomic mass is 16.2. The number of hydrogen-bond acceptors (Lipinski definition) is 6. The van der Waals surface area contributed by atoms with Crippen LogP contribution in [0.3, 0.4) is 0 Å². The van der Waals surface area contributed by atoms with Gasteiger partial charge < -0.3 is 31.9 Å². The summed E-state index contributed by atoms with van der Waals surface area (Å²) in [6.07, 6.45) is 16.5. The molecule has 39 heavy (non-hydrogen) atoms. The van der Waals surface area contributed by atoms with Crippen LogP contribution in [0.15, 0.2) is 9.98 Å². The summed E-state index contributed by atoms with van der Waals surface area (Å²) in [7, 11) is 0. The lowest BCUT2D eigenvalue weighted by Gasteiger charge is -2.29. The van der Waals surface area contributed by atoms with E-state index in [1.165, 1.54) is 30.9 Å². The van der Waals surface area contributed by atoms with Crippen LogP contribution in [-0.4, -0.2) is 75.1 Å². The normalized spacial score (nSPS) is 26.6. The third-order valence-corrected chi connectivity index (χ3v) is 8.72. The third kappa shape index (κ3) is 10.5. The maximum Gasteiger partial charge on any atom is 0.315 e. The van der Waals surface area contributed by atoms with Gasteiger partial charge in [-0.3, -0.25) is 9.98 Å². The number of urea groups is 2. The Morgan fingerprint density at radius 2 is 0.974 bits per heavy atom. The van der Waals surface area contributed by atoms with Gasteiger partial charge >= 0.3 is 12.1 Å². The zero-order valence-corrected chi connectivity index (χ0v) is 23.9. The quantitative estimate of drug-likeness (QED) is 0.187. The lowest BCUT2D eigenvalue weighted by molar-refractivity contribution is 0.230. The molecule has 6 N–H and O–H groups in total. The monoisotopic (exact) mass is 544 g/mol. The Bertz CT molecular complexity index is 750. The first-order valence-electron chi connectivity index (χ1n) is 15.8. The van der Waals surface area contributed by atoms with Gasteiger partial charge in [0.05, 0.1) is 24.8 Å². The van der Waals surface area contributed by atoms with Gasteiger partial charge in [-0.2, -0.15) is 0 Å². The van der Waals surface area contributed by atoms with Crippen molar-refractivity contribution in [2.75, 3.05) is 39.3 Å². The Labute approximate surface area is 234 Å². The van der Waals surface area contributed by atoms with E-state index in [1.54, 1.807) is 0 Å². The van der Waals surface area contributed by atoms with Crippen LogP contribution in [0.25, 0.3) is 0 Å². The van der Waals surface area contributed by atoms with Crippen molar-refractivity contribution in [3.63, 3.8) is 0 Å². The highest BCUT2D eigenvalue weighted by molar-refractivity contribution is 5.86. The Balaban J connectivity index is 0.893. The van der Waals surface area contributed by atoms with Crippen LogP contribution >= 0.6 is 0 Å². The van der Waals surface area contributed by atoms with Crippen molar-refractivity contribution >= 4 is 23.7 Å². The Hall–Kier alpha value is -2.52. The highest BCUT2D eigenvalue weighted by Crippen LogP contribution is 2.26. The molecule has 0 radical (unpaired) electrons. The molecular weight excluding hydrogens is 492 g/mol.